The van der Waals surface area contributed by atoms with Gasteiger partial charge in [-0.2, -0.15) is 4.98 Å². The fourth-order valence-electron chi connectivity index (χ4n) is 2.54. The van der Waals surface area contributed by atoms with Gasteiger partial charge >= 0.3 is 0 Å². The molecule has 21 heavy (non-hydrogen) atoms. The second-order valence-electron chi connectivity index (χ2n) is 4.98. The van der Waals surface area contributed by atoms with Crippen molar-refractivity contribution in [2.24, 2.45) is 0 Å². The van der Waals surface area contributed by atoms with Crippen LogP contribution in [0.15, 0.2) is 53.1 Å². The van der Waals surface area contributed by atoms with Crippen molar-refractivity contribution >= 4 is 5.69 Å². The second-order valence-corrected chi connectivity index (χ2v) is 4.98. The minimum absolute atomic E-state index is 0.0137. The Labute approximate surface area is 121 Å². The van der Waals surface area contributed by atoms with Gasteiger partial charge in [-0.05, 0) is 24.3 Å². The van der Waals surface area contributed by atoms with Gasteiger partial charge in [0.05, 0.1) is 5.92 Å². The molecule has 0 fully saturated rings. The smallest absolute Gasteiger partial charge is 0.258 e. The number of nitrogen functional groups attached to an aromatic ring is 1. The Morgan fingerprint density at radius 2 is 2.00 bits per heavy atom. The lowest BCUT2D eigenvalue weighted by molar-refractivity contribution is 0.335. The molecule has 1 aromatic heterocycles. The van der Waals surface area contributed by atoms with Crippen molar-refractivity contribution in [1.82, 2.24) is 10.1 Å². The van der Waals surface area contributed by atoms with Gasteiger partial charge in [0.1, 0.15) is 12.4 Å². The Kier molecular flexibility index (Phi) is 2.64. The normalized spacial score (nSPS) is 16.5. The predicted octanol–water partition coefficient (Wildman–Crippen LogP) is 2.84. The number of aromatic nitrogens is 2. The van der Waals surface area contributed by atoms with Crippen molar-refractivity contribution in [3.63, 3.8) is 0 Å². The van der Waals surface area contributed by atoms with Crippen molar-refractivity contribution < 1.29 is 9.26 Å². The van der Waals surface area contributed by atoms with E-state index < -0.39 is 0 Å². The Hall–Kier alpha value is -2.82. The van der Waals surface area contributed by atoms with Gasteiger partial charge in [0.15, 0.2) is 5.82 Å². The summed E-state index contributed by atoms with van der Waals surface area (Å²) in [5.41, 5.74) is 8.36. The Balaban J connectivity index is 1.70. The molecule has 0 radical (unpaired) electrons. The van der Waals surface area contributed by atoms with Crippen LogP contribution in [-0.2, 0) is 0 Å². The summed E-state index contributed by atoms with van der Waals surface area (Å²) in [6.45, 7) is 0.537. The van der Waals surface area contributed by atoms with Crippen molar-refractivity contribution in [1.29, 1.82) is 0 Å². The molecule has 3 aromatic rings. The highest BCUT2D eigenvalue weighted by molar-refractivity contribution is 5.59. The molecule has 1 aliphatic rings. The average Bonchev–Trinajstić information content (AvgIpc) is 3.14. The molecule has 5 heteroatoms. The number of nitrogens with two attached hydrogens (primary N) is 1. The SMILES string of the molecule is Nc1cccc(-c2nc(C3COc4ccccc43)no2)c1. The van der Waals surface area contributed by atoms with Crippen molar-refractivity contribution in [2.75, 3.05) is 12.3 Å². The first-order valence-electron chi connectivity index (χ1n) is 6.72. The topological polar surface area (TPSA) is 74.2 Å². The maximum Gasteiger partial charge on any atom is 0.258 e. The van der Waals surface area contributed by atoms with E-state index in [1.807, 2.05) is 48.5 Å². The van der Waals surface area contributed by atoms with Crippen LogP contribution in [-0.4, -0.2) is 16.7 Å². The molecule has 0 saturated heterocycles. The number of ether oxygens (including phenoxy) is 1. The van der Waals surface area contributed by atoms with Gasteiger partial charge in [-0.3, -0.25) is 0 Å². The van der Waals surface area contributed by atoms with Gasteiger partial charge in [-0.25, -0.2) is 0 Å². The van der Waals surface area contributed by atoms with Crippen LogP contribution in [0.25, 0.3) is 11.5 Å². The van der Waals surface area contributed by atoms with Crippen LogP contribution in [0.3, 0.4) is 0 Å². The predicted molar refractivity (Wildman–Crippen MR) is 77.9 cm³/mol. The minimum atomic E-state index is 0.0137. The first kappa shape index (κ1) is 12.0. The minimum Gasteiger partial charge on any atom is -0.492 e. The lowest BCUT2D eigenvalue weighted by Gasteiger charge is -2.01. The number of para-hydroxylation sites is 1. The van der Waals surface area contributed by atoms with Crippen molar-refractivity contribution in [2.45, 2.75) is 5.92 Å². The van der Waals surface area contributed by atoms with E-state index in [9.17, 15) is 0 Å². The molecule has 1 aliphatic heterocycles. The zero-order valence-corrected chi connectivity index (χ0v) is 11.2. The van der Waals surface area contributed by atoms with Crippen LogP contribution in [0.4, 0.5) is 5.69 Å². The molecule has 0 bridgehead atoms. The first-order chi connectivity index (χ1) is 10.3. The monoisotopic (exact) mass is 279 g/mol. The maximum absolute atomic E-state index is 5.78. The van der Waals surface area contributed by atoms with Gasteiger partial charge in [-0.1, -0.05) is 29.4 Å². The molecule has 0 spiro atoms. The van der Waals surface area contributed by atoms with E-state index in [4.69, 9.17) is 15.0 Å². The van der Waals surface area contributed by atoms with Gasteiger partial charge in [0, 0.05) is 16.8 Å². The second kappa shape index (κ2) is 4.63. The van der Waals surface area contributed by atoms with E-state index in [1.165, 1.54) is 0 Å². The quantitative estimate of drug-likeness (QED) is 0.730. The third-order valence-electron chi connectivity index (χ3n) is 3.59. The lowest BCUT2D eigenvalue weighted by Crippen LogP contribution is -2.04. The molecular weight excluding hydrogens is 266 g/mol. The summed E-state index contributed by atoms with van der Waals surface area (Å²) >= 11 is 0. The lowest BCUT2D eigenvalue weighted by atomic mass is 10.0. The van der Waals surface area contributed by atoms with E-state index in [0.29, 0.717) is 24.0 Å². The van der Waals surface area contributed by atoms with Gasteiger partial charge in [0.2, 0.25) is 0 Å². The average molecular weight is 279 g/mol. The van der Waals surface area contributed by atoms with Gasteiger partial charge < -0.3 is 15.0 Å². The van der Waals surface area contributed by atoms with Crippen LogP contribution in [0, 0.1) is 0 Å². The molecular formula is C16H13N3O2. The maximum atomic E-state index is 5.78. The van der Waals surface area contributed by atoms with E-state index in [0.717, 1.165) is 16.9 Å². The van der Waals surface area contributed by atoms with Crippen molar-refractivity contribution in [3.8, 4) is 17.2 Å². The molecule has 2 heterocycles. The fraction of sp³-hybridized carbons (Fsp3) is 0.125. The molecule has 2 aromatic carbocycles. The van der Waals surface area contributed by atoms with Crippen LogP contribution in [0.5, 0.6) is 5.75 Å². The molecule has 4 rings (SSSR count). The zero-order valence-electron chi connectivity index (χ0n) is 11.2. The van der Waals surface area contributed by atoms with E-state index in [2.05, 4.69) is 10.1 Å². The molecule has 104 valence electrons. The summed E-state index contributed by atoms with van der Waals surface area (Å²) in [6, 6.07) is 15.3. The number of nitrogens with zero attached hydrogens (tertiary/aromatic N) is 2. The van der Waals surface area contributed by atoms with E-state index in [-0.39, 0.29) is 5.92 Å². The molecule has 0 saturated carbocycles. The Bertz CT molecular complexity index is 797. The van der Waals surface area contributed by atoms with Gasteiger partial charge in [-0.15, -0.1) is 0 Å². The summed E-state index contributed by atoms with van der Waals surface area (Å²) < 4.78 is 11.0. The summed E-state index contributed by atoms with van der Waals surface area (Å²) in [6.07, 6.45) is 0. The van der Waals surface area contributed by atoms with Crippen molar-refractivity contribution in [3.05, 3.63) is 59.9 Å². The highest BCUT2D eigenvalue weighted by Gasteiger charge is 2.29. The summed E-state index contributed by atoms with van der Waals surface area (Å²) in [5, 5.41) is 4.10. The highest BCUT2D eigenvalue weighted by Crippen LogP contribution is 2.37. The van der Waals surface area contributed by atoms with Crippen LogP contribution >= 0.6 is 0 Å². The van der Waals surface area contributed by atoms with Crippen LogP contribution < -0.4 is 10.5 Å². The summed E-state index contributed by atoms with van der Waals surface area (Å²) in [5.74, 6) is 2.01. The van der Waals surface area contributed by atoms with E-state index >= 15 is 0 Å². The first-order valence-corrected chi connectivity index (χ1v) is 6.72. The third-order valence-corrected chi connectivity index (χ3v) is 3.59. The highest BCUT2D eigenvalue weighted by atomic mass is 16.5. The summed E-state index contributed by atoms with van der Waals surface area (Å²) in [4.78, 5) is 4.49. The Morgan fingerprint density at radius 1 is 1.10 bits per heavy atom. The largest absolute Gasteiger partial charge is 0.492 e. The molecule has 0 aliphatic carbocycles. The number of hydrogen-bond acceptors (Lipinski definition) is 5. The number of fused-ring (bicyclic) bond motifs is 1. The zero-order chi connectivity index (χ0) is 14.2. The number of benzene rings is 2. The van der Waals surface area contributed by atoms with Crippen LogP contribution in [0.1, 0.15) is 17.3 Å². The van der Waals surface area contributed by atoms with E-state index in [1.54, 1.807) is 0 Å². The number of rotatable bonds is 2. The Morgan fingerprint density at radius 3 is 2.90 bits per heavy atom. The number of hydrogen-bond donors (Lipinski definition) is 1. The molecule has 2 N–H and O–H groups in total. The van der Waals surface area contributed by atoms with Gasteiger partial charge in [0.25, 0.3) is 5.89 Å². The van der Waals surface area contributed by atoms with Crippen LogP contribution in [0.2, 0.25) is 0 Å². The fourth-order valence-corrected chi connectivity index (χ4v) is 2.54. The molecule has 1 atom stereocenters. The summed E-state index contributed by atoms with van der Waals surface area (Å²) in [7, 11) is 0. The number of anilines is 1. The molecule has 5 nitrogen and oxygen atoms in total. The third kappa shape index (κ3) is 2.03. The standard InChI is InChI=1S/C16H13N3O2/c17-11-5-3-4-10(8-11)16-18-15(19-21-16)13-9-20-14-7-2-1-6-12(13)14/h1-8,13H,9,17H2. The molecule has 0 amide bonds. The molecule has 1 unspecified atom stereocenters.